The number of anilines is 2. The zero-order valence-electron chi connectivity index (χ0n) is 11.0. The molecule has 2 aromatic carbocycles. The van der Waals surface area contributed by atoms with Crippen molar-refractivity contribution >= 4 is 34.7 Å². The third-order valence-corrected chi connectivity index (χ3v) is 3.04. The molecule has 4 nitrogen and oxygen atoms in total. The minimum Gasteiger partial charge on any atom is -0.478 e. The molecule has 0 unspecified atom stereocenters. The SMILES string of the molecule is CC(=O)c1cc(Cl)cc(Nc2c(F)cccc2C(=O)O)c1. The van der Waals surface area contributed by atoms with Gasteiger partial charge in [-0.1, -0.05) is 17.7 Å². The molecule has 0 aliphatic heterocycles. The second-order valence-corrected chi connectivity index (χ2v) is 4.81. The van der Waals surface area contributed by atoms with Gasteiger partial charge < -0.3 is 10.4 Å². The smallest absolute Gasteiger partial charge is 0.337 e. The summed E-state index contributed by atoms with van der Waals surface area (Å²) in [6.45, 7) is 1.38. The maximum absolute atomic E-state index is 13.8. The molecule has 0 heterocycles. The Morgan fingerprint density at radius 1 is 1.24 bits per heavy atom. The molecule has 0 saturated carbocycles. The number of hydrogen-bond donors (Lipinski definition) is 2. The number of benzene rings is 2. The van der Waals surface area contributed by atoms with E-state index in [1.54, 1.807) is 0 Å². The van der Waals surface area contributed by atoms with E-state index in [9.17, 15) is 14.0 Å². The maximum Gasteiger partial charge on any atom is 0.337 e. The van der Waals surface area contributed by atoms with E-state index in [0.29, 0.717) is 16.3 Å². The molecular weight excluding hydrogens is 297 g/mol. The van der Waals surface area contributed by atoms with Crippen molar-refractivity contribution in [3.8, 4) is 0 Å². The van der Waals surface area contributed by atoms with Crippen molar-refractivity contribution < 1.29 is 19.1 Å². The predicted octanol–water partition coefficient (Wildman–Crippen LogP) is 4.12. The molecule has 0 saturated heterocycles. The Morgan fingerprint density at radius 3 is 2.57 bits per heavy atom. The van der Waals surface area contributed by atoms with E-state index in [4.69, 9.17) is 16.7 Å². The molecule has 21 heavy (non-hydrogen) atoms. The highest BCUT2D eigenvalue weighted by molar-refractivity contribution is 6.31. The first-order valence-corrected chi connectivity index (χ1v) is 6.36. The molecule has 2 rings (SSSR count). The highest BCUT2D eigenvalue weighted by atomic mass is 35.5. The number of nitrogens with one attached hydrogen (secondary N) is 1. The number of rotatable bonds is 4. The van der Waals surface area contributed by atoms with Gasteiger partial charge in [-0.2, -0.15) is 0 Å². The molecule has 0 spiro atoms. The fourth-order valence-corrected chi connectivity index (χ4v) is 2.07. The number of aromatic carboxylic acids is 1. The van der Waals surface area contributed by atoms with Crippen molar-refractivity contribution in [3.63, 3.8) is 0 Å². The number of carboxylic acids is 1. The standard InChI is InChI=1S/C15H11ClFNO3/c1-8(19)9-5-10(16)7-11(6-9)18-14-12(15(20)21)3-2-4-13(14)17/h2-7,18H,1H3,(H,20,21). The summed E-state index contributed by atoms with van der Waals surface area (Å²) in [5.41, 5.74) is 0.291. The molecule has 0 bridgehead atoms. The maximum atomic E-state index is 13.8. The molecular formula is C15H11ClFNO3. The fraction of sp³-hybridized carbons (Fsp3) is 0.0667. The van der Waals surface area contributed by atoms with E-state index in [0.717, 1.165) is 6.07 Å². The third-order valence-electron chi connectivity index (χ3n) is 2.82. The normalized spacial score (nSPS) is 10.2. The van der Waals surface area contributed by atoms with E-state index in [-0.39, 0.29) is 17.0 Å². The lowest BCUT2D eigenvalue weighted by Gasteiger charge is -2.12. The van der Waals surface area contributed by atoms with Crippen molar-refractivity contribution in [1.82, 2.24) is 0 Å². The summed E-state index contributed by atoms with van der Waals surface area (Å²) in [5, 5.41) is 12.0. The van der Waals surface area contributed by atoms with Crippen LogP contribution in [0.3, 0.4) is 0 Å². The van der Waals surface area contributed by atoms with Crippen LogP contribution in [0.1, 0.15) is 27.6 Å². The minimum absolute atomic E-state index is 0.179. The van der Waals surface area contributed by atoms with Crippen molar-refractivity contribution in [2.24, 2.45) is 0 Å². The lowest BCUT2D eigenvalue weighted by atomic mass is 10.1. The van der Waals surface area contributed by atoms with Gasteiger partial charge in [0.1, 0.15) is 5.82 Å². The summed E-state index contributed by atoms with van der Waals surface area (Å²) < 4.78 is 13.8. The first kappa shape index (κ1) is 15.0. The first-order valence-electron chi connectivity index (χ1n) is 5.99. The summed E-state index contributed by atoms with van der Waals surface area (Å²) in [7, 11) is 0. The van der Waals surface area contributed by atoms with E-state index in [1.807, 2.05) is 0 Å². The molecule has 0 aliphatic rings. The molecule has 0 amide bonds. The summed E-state index contributed by atoms with van der Waals surface area (Å²) >= 11 is 5.90. The molecule has 0 fully saturated rings. The highest BCUT2D eigenvalue weighted by Gasteiger charge is 2.15. The molecule has 0 aliphatic carbocycles. The first-order chi connectivity index (χ1) is 9.88. The Kier molecular flexibility index (Phi) is 4.23. The zero-order chi connectivity index (χ0) is 15.6. The second kappa shape index (κ2) is 5.93. The average molecular weight is 308 g/mol. The van der Waals surface area contributed by atoms with Crippen LogP contribution < -0.4 is 5.32 Å². The fourth-order valence-electron chi connectivity index (χ4n) is 1.84. The van der Waals surface area contributed by atoms with Crippen molar-refractivity contribution in [2.45, 2.75) is 6.92 Å². The van der Waals surface area contributed by atoms with Crippen LogP contribution >= 0.6 is 11.6 Å². The average Bonchev–Trinajstić information content (AvgIpc) is 2.40. The van der Waals surface area contributed by atoms with Crippen LogP contribution in [0.2, 0.25) is 5.02 Å². The Labute approximate surface area is 125 Å². The third kappa shape index (κ3) is 3.38. The number of Topliss-reactive ketones (excluding diaryl/α,β-unsaturated/α-hetero) is 1. The van der Waals surface area contributed by atoms with Gasteiger partial charge in [-0.05, 0) is 37.3 Å². The Bertz CT molecular complexity index is 731. The summed E-state index contributed by atoms with van der Waals surface area (Å²) in [5.74, 6) is -2.17. The van der Waals surface area contributed by atoms with E-state index >= 15 is 0 Å². The second-order valence-electron chi connectivity index (χ2n) is 4.38. The van der Waals surface area contributed by atoms with Crippen molar-refractivity contribution in [3.05, 3.63) is 58.4 Å². The highest BCUT2D eigenvalue weighted by Crippen LogP contribution is 2.27. The van der Waals surface area contributed by atoms with Crippen LogP contribution in [0.4, 0.5) is 15.8 Å². The van der Waals surface area contributed by atoms with Gasteiger partial charge in [0.25, 0.3) is 0 Å². The van der Waals surface area contributed by atoms with Crippen LogP contribution in [0.15, 0.2) is 36.4 Å². The van der Waals surface area contributed by atoms with Gasteiger partial charge in [-0.15, -0.1) is 0 Å². The summed E-state index contributed by atoms with van der Waals surface area (Å²) in [6, 6.07) is 8.17. The number of ketones is 1. The largest absolute Gasteiger partial charge is 0.478 e. The van der Waals surface area contributed by atoms with Crippen molar-refractivity contribution in [2.75, 3.05) is 5.32 Å². The molecule has 0 radical (unpaired) electrons. The molecule has 2 aromatic rings. The number of carbonyl (C=O) groups is 2. The summed E-state index contributed by atoms with van der Waals surface area (Å²) in [6.07, 6.45) is 0. The van der Waals surface area contributed by atoms with Crippen LogP contribution in [-0.2, 0) is 0 Å². The number of hydrogen-bond acceptors (Lipinski definition) is 3. The Morgan fingerprint density at radius 2 is 1.95 bits per heavy atom. The summed E-state index contributed by atoms with van der Waals surface area (Å²) in [4.78, 5) is 22.5. The number of para-hydroxylation sites is 1. The van der Waals surface area contributed by atoms with Gasteiger partial charge in [-0.3, -0.25) is 4.79 Å². The van der Waals surface area contributed by atoms with Gasteiger partial charge in [0.2, 0.25) is 0 Å². The number of carbonyl (C=O) groups excluding carboxylic acids is 1. The molecule has 0 atom stereocenters. The number of carboxylic acid groups (broad SMARTS) is 1. The Hall–Kier alpha value is -2.40. The van der Waals surface area contributed by atoms with Crippen LogP contribution in [0.5, 0.6) is 0 Å². The molecule has 0 aromatic heterocycles. The number of halogens is 2. The molecule has 108 valence electrons. The Balaban J connectivity index is 2.48. The topological polar surface area (TPSA) is 66.4 Å². The van der Waals surface area contributed by atoms with Gasteiger partial charge in [-0.25, -0.2) is 9.18 Å². The monoisotopic (exact) mass is 307 g/mol. The molecule has 2 N–H and O–H groups in total. The van der Waals surface area contributed by atoms with E-state index < -0.39 is 11.8 Å². The zero-order valence-corrected chi connectivity index (χ0v) is 11.7. The van der Waals surface area contributed by atoms with Crippen LogP contribution in [0.25, 0.3) is 0 Å². The van der Waals surface area contributed by atoms with Crippen LogP contribution in [0, 0.1) is 5.82 Å². The lowest BCUT2D eigenvalue weighted by molar-refractivity contribution is 0.0697. The van der Waals surface area contributed by atoms with Gasteiger partial charge in [0.15, 0.2) is 5.78 Å². The van der Waals surface area contributed by atoms with E-state index in [1.165, 1.54) is 37.3 Å². The quantitative estimate of drug-likeness (QED) is 0.834. The lowest BCUT2D eigenvalue weighted by Crippen LogP contribution is -2.05. The van der Waals surface area contributed by atoms with Gasteiger partial charge in [0, 0.05) is 16.3 Å². The van der Waals surface area contributed by atoms with E-state index in [2.05, 4.69) is 5.32 Å². The van der Waals surface area contributed by atoms with Gasteiger partial charge in [0.05, 0.1) is 11.3 Å². The van der Waals surface area contributed by atoms with Gasteiger partial charge >= 0.3 is 5.97 Å². The van der Waals surface area contributed by atoms with Crippen molar-refractivity contribution in [1.29, 1.82) is 0 Å². The predicted molar refractivity (Wildman–Crippen MR) is 78.1 cm³/mol. The van der Waals surface area contributed by atoms with Crippen LogP contribution in [-0.4, -0.2) is 16.9 Å². The minimum atomic E-state index is -1.26. The molecule has 6 heteroatoms.